The van der Waals surface area contributed by atoms with Crippen molar-refractivity contribution in [3.05, 3.63) is 35.5 Å². The topological polar surface area (TPSA) is 26.3 Å². The number of carbonyl (C=O) groups excluding carboxylic acids is 1. The van der Waals surface area contributed by atoms with Crippen molar-refractivity contribution in [3.8, 4) is 0 Å². The molecule has 2 nitrogen and oxygen atoms in total. The molecule has 0 heterocycles. The van der Waals surface area contributed by atoms with Gasteiger partial charge in [0.1, 0.15) is 0 Å². The van der Waals surface area contributed by atoms with Crippen LogP contribution < -0.4 is 0 Å². The maximum atomic E-state index is 11.3. The smallest absolute Gasteiger partial charge is 0.333 e. The van der Waals surface area contributed by atoms with Gasteiger partial charge >= 0.3 is 5.97 Å². The maximum absolute atomic E-state index is 11.3. The maximum Gasteiger partial charge on any atom is 0.333 e. The second-order valence-electron chi connectivity index (χ2n) is 4.38. The minimum atomic E-state index is -0.232. The van der Waals surface area contributed by atoms with Crippen molar-refractivity contribution in [3.63, 3.8) is 0 Å². The number of esters is 1. The Kier molecular flexibility index (Phi) is 8.12. The predicted octanol–water partition coefficient (Wildman–Crippen LogP) is 4.19. The molecule has 0 rings (SSSR count). The van der Waals surface area contributed by atoms with E-state index in [0.29, 0.717) is 12.2 Å². The molecule has 0 amide bonds. The van der Waals surface area contributed by atoms with Gasteiger partial charge in [-0.15, -0.1) is 0 Å². The van der Waals surface area contributed by atoms with E-state index in [2.05, 4.69) is 26.5 Å². The standard InChI is InChI=1S/C15H24O2/c1-6-17-15(16)14(5)11-10-13(4)9-7-8-12(2)3/h8,11H,4,6-7,9-10H2,1-3,5H3/b14-11+. The lowest BCUT2D eigenvalue weighted by Gasteiger charge is -2.03. The van der Waals surface area contributed by atoms with Crippen molar-refractivity contribution in [2.75, 3.05) is 6.61 Å². The van der Waals surface area contributed by atoms with E-state index in [-0.39, 0.29) is 5.97 Å². The Labute approximate surface area is 105 Å². The van der Waals surface area contributed by atoms with Crippen LogP contribution in [0.5, 0.6) is 0 Å². The molecule has 0 radical (unpaired) electrons. The number of carbonyl (C=O) groups is 1. The summed E-state index contributed by atoms with van der Waals surface area (Å²) in [6.45, 7) is 12.2. The lowest BCUT2D eigenvalue weighted by molar-refractivity contribution is -0.138. The predicted molar refractivity (Wildman–Crippen MR) is 72.8 cm³/mol. The average Bonchev–Trinajstić information content (AvgIpc) is 2.25. The van der Waals surface area contributed by atoms with Gasteiger partial charge in [0.15, 0.2) is 0 Å². The molecule has 0 unspecified atom stereocenters. The van der Waals surface area contributed by atoms with Gasteiger partial charge in [0.05, 0.1) is 6.61 Å². The van der Waals surface area contributed by atoms with Gasteiger partial charge in [-0.3, -0.25) is 0 Å². The molecule has 0 aliphatic carbocycles. The van der Waals surface area contributed by atoms with Crippen LogP contribution in [0.15, 0.2) is 35.5 Å². The Balaban J connectivity index is 4.01. The SMILES string of the molecule is C=C(C/C=C(\C)C(=O)OCC)CCC=C(C)C. The molecule has 0 fully saturated rings. The van der Waals surface area contributed by atoms with Gasteiger partial charge in [0, 0.05) is 5.57 Å². The molecule has 0 aromatic rings. The Morgan fingerprint density at radius 2 is 1.88 bits per heavy atom. The van der Waals surface area contributed by atoms with E-state index in [9.17, 15) is 4.79 Å². The molecule has 0 bridgehead atoms. The molecule has 0 aliphatic heterocycles. The van der Waals surface area contributed by atoms with Gasteiger partial charge in [0.25, 0.3) is 0 Å². The van der Waals surface area contributed by atoms with Crippen LogP contribution in [0.4, 0.5) is 0 Å². The van der Waals surface area contributed by atoms with Gasteiger partial charge in [-0.2, -0.15) is 0 Å². The Bertz CT molecular complexity index is 318. The van der Waals surface area contributed by atoms with Crippen LogP contribution in [0, 0.1) is 0 Å². The van der Waals surface area contributed by atoms with Crippen molar-refractivity contribution in [2.45, 2.75) is 47.0 Å². The van der Waals surface area contributed by atoms with Crippen molar-refractivity contribution < 1.29 is 9.53 Å². The lowest BCUT2D eigenvalue weighted by atomic mass is 10.1. The first-order valence-electron chi connectivity index (χ1n) is 6.11. The highest BCUT2D eigenvalue weighted by atomic mass is 16.5. The molecule has 0 aromatic carbocycles. The quantitative estimate of drug-likeness (QED) is 0.376. The first-order chi connectivity index (χ1) is 7.97. The number of rotatable bonds is 7. The Morgan fingerprint density at radius 1 is 1.24 bits per heavy atom. The lowest BCUT2D eigenvalue weighted by Crippen LogP contribution is -2.04. The second-order valence-corrected chi connectivity index (χ2v) is 4.38. The zero-order valence-corrected chi connectivity index (χ0v) is 11.5. The highest BCUT2D eigenvalue weighted by molar-refractivity contribution is 5.87. The molecule has 0 atom stereocenters. The highest BCUT2D eigenvalue weighted by Crippen LogP contribution is 2.11. The fourth-order valence-corrected chi connectivity index (χ4v) is 1.29. The van der Waals surface area contributed by atoms with Crippen LogP contribution in [0.1, 0.15) is 47.0 Å². The van der Waals surface area contributed by atoms with Gasteiger partial charge in [-0.1, -0.05) is 29.9 Å². The van der Waals surface area contributed by atoms with Crippen LogP contribution in [0.2, 0.25) is 0 Å². The van der Waals surface area contributed by atoms with E-state index < -0.39 is 0 Å². The minimum absolute atomic E-state index is 0.232. The summed E-state index contributed by atoms with van der Waals surface area (Å²) in [7, 11) is 0. The third-order valence-corrected chi connectivity index (χ3v) is 2.34. The fraction of sp³-hybridized carbons (Fsp3) is 0.533. The summed E-state index contributed by atoms with van der Waals surface area (Å²) in [4.78, 5) is 11.3. The van der Waals surface area contributed by atoms with E-state index in [4.69, 9.17) is 4.74 Å². The monoisotopic (exact) mass is 236 g/mol. The second kappa shape index (κ2) is 8.80. The van der Waals surface area contributed by atoms with Crippen molar-refractivity contribution in [1.82, 2.24) is 0 Å². The molecule has 2 heteroatoms. The molecule has 0 spiro atoms. The van der Waals surface area contributed by atoms with E-state index in [1.165, 1.54) is 5.57 Å². The average molecular weight is 236 g/mol. The van der Waals surface area contributed by atoms with Crippen LogP contribution in [0.25, 0.3) is 0 Å². The third-order valence-electron chi connectivity index (χ3n) is 2.34. The number of hydrogen-bond donors (Lipinski definition) is 0. The zero-order valence-electron chi connectivity index (χ0n) is 11.5. The number of hydrogen-bond acceptors (Lipinski definition) is 2. The summed E-state index contributed by atoms with van der Waals surface area (Å²) in [5.41, 5.74) is 3.14. The van der Waals surface area contributed by atoms with Crippen LogP contribution in [0.3, 0.4) is 0 Å². The summed E-state index contributed by atoms with van der Waals surface area (Å²) in [6.07, 6.45) is 6.84. The molecule has 0 aromatic heterocycles. The van der Waals surface area contributed by atoms with Crippen LogP contribution >= 0.6 is 0 Å². The molecule has 0 N–H and O–H groups in total. The van der Waals surface area contributed by atoms with E-state index in [1.54, 1.807) is 6.92 Å². The first kappa shape index (κ1) is 15.7. The molecule has 0 saturated heterocycles. The Hall–Kier alpha value is -1.31. The molecule has 0 saturated carbocycles. The van der Waals surface area contributed by atoms with Gasteiger partial charge in [-0.25, -0.2) is 4.79 Å². The fourth-order valence-electron chi connectivity index (χ4n) is 1.29. The molecule has 0 aliphatic rings. The molecular weight excluding hydrogens is 212 g/mol. The summed E-state index contributed by atoms with van der Waals surface area (Å²) < 4.78 is 4.90. The minimum Gasteiger partial charge on any atom is -0.463 e. The van der Waals surface area contributed by atoms with Crippen LogP contribution in [-0.2, 0) is 9.53 Å². The van der Waals surface area contributed by atoms with Gasteiger partial charge in [0.2, 0.25) is 0 Å². The summed E-state index contributed by atoms with van der Waals surface area (Å²) in [5.74, 6) is -0.232. The normalized spacial score (nSPS) is 10.9. The van der Waals surface area contributed by atoms with Crippen molar-refractivity contribution in [2.24, 2.45) is 0 Å². The molecular formula is C15H24O2. The summed E-state index contributed by atoms with van der Waals surface area (Å²) in [5, 5.41) is 0. The van der Waals surface area contributed by atoms with E-state index in [1.807, 2.05) is 13.0 Å². The van der Waals surface area contributed by atoms with E-state index in [0.717, 1.165) is 24.8 Å². The number of ether oxygens (including phenoxy) is 1. The first-order valence-corrected chi connectivity index (χ1v) is 6.11. The number of allylic oxidation sites excluding steroid dienone is 4. The summed E-state index contributed by atoms with van der Waals surface area (Å²) in [6, 6.07) is 0. The Morgan fingerprint density at radius 3 is 2.41 bits per heavy atom. The molecule has 17 heavy (non-hydrogen) atoms. The summed E-state index contributed by atoms with van der Waals surface area (Å²) >= 11 is 0. The van der Waals surface area contributed by atoms with Gasteiger partial charge < -0.3 is 4.74 Å². The highest BCUT2D eigenvalue weighted by Gasteiger charge is 2.03. The zero-order chi connectivity index (χ0) is 13.3. The van der Waals surface area contributed by atoms with Crippen molar-refractivity contribution in [1.29, 1.82) is 0 Å². The molecule has 96 valence electrons. The van der Waals surface area contributed by atoms with Gasteiger partial charge in [-0.05, 0) is 47.0 Å². The van der Waals surface area contributed by atoms with Crippen molar-refractivity contribution >= 4 is 5.97 Å². The van der Waals surface area contributed by atoms with Crippen LogP contribution in [-0.4, -0.2) is 12.6 Å². The largest absolute Gasteiger partial charge is 0.463 e. The van der Waals surface area contributed by atoms with E-state index >= 15 is 0 Å². The third kappa shape index (κ3) is 8.49.